The highest BCUT2D eigenvalue weighted by atomic mass is 32.2. The average Bonchev–Trinajstić information content (AvgIpc) is 2.58. The van der Waals surface area contributed by atoms with E-state index in [4.69, 9.17) is 4.74 Å². The van der Waals surface area contributed by atoms with Gasteiger partial charge in [-0.3, -0.25) is 14.4 Å². The molecule has 2 aromatic rings. The normalized spacial score (nSPS) is 10.2. The van der Waals surface area contributed by atoms with Gasteiger partial charge in [-0.15, -0.1) is 11.8 Å². The van der Waals surface area contributed by atoms with Crippen LogP contribution in [0, 0.1) is 5.82 Å². The van der Waals surface area contributed by atoms with Crippen LogP contribution in [0.25, 0.3) is 0 Å². The van der Waals surface area contributed by atoms with Gasteiger partial charge in [0.05, 0.1) is 11.3 Å². The second kappa shape index (κ2) is 8.98. The van der Waals surface area contributed by atoms with Crippen molar-refractivity contribution in [3.05, 3.63) is 59.9 Å². The molecule has 0 spiro atoms. The second-order valence-corrected chi connectivity index (χ2v) is 6.11. The van der Waals surface area contributed by atoms with Gasteiger partial charge in [-0.2, -0.15) is 0 Å². The molecule has 0 aliphatic rings. The number of hydrogen-bond acceptors (Lipinski definition) is 5. The van der Waals surface area contributed by atoms with Crippen molar-refractivity contribution in [1.82, 2.24) is 0 Å². The van der Waals surface area contributed by atoms with E-state index < -0.39 is 24.2 Å². The van der Waals surface area contributed by atoms with Crippen LogP contribution in [-0.4, -0.2) is 30.0 Å². The van der Waals surface area contributed by atoms with Crippen molar-refractivity contribution in [2.45, 2.75) is 11.8 Å². The molecular weight excluding hydrogens is 345 g/mol. The fourth-order valence-corrected chi connectivity index (χ4v) is 2.66. The van der Waals surface area contributed by atoms with E-state index in [0.717, 1.165) is 11.0 Å². The maximum Gasteiger partial charge on any atom is 0.316 e. The highest BCUT2D eigenvalue weighted by Gasteiger charge is 2.15. The van der Waals surface area contributed by atoms with Crippen molar-refractivity contribution >= 4 is 35.1 Å². The van der Waals surface area contributed by atoms with Gasteiger partial charge in [-0.1, -0.05) is 18.2 Å². The van der Waals surface area contributed by atoms with Crippen molar-refractivity contribution in [3.63, 3.8) is 0 Å². The van der Waals surface area contributed by atoms with Crippen LogP contribution in [0.15, 0.2) is 53.4 Å². The molecule has 1 N–H and O–H groups in total. The molecule has 0 bridgehead atoms. The monoisotopic (exact) mass is 361 g/mol. The highest BCUT2D eigenvalue weighted by Crippen LogP contribution is 2.18. The number of ketones is 1. The predicted molar refractivity (Wildman–Crippen MR) is 93.2 cm³/mol. The van der Waals surface area contributed by atoms with Gasteiger partial charge in [0.1, 0.15) is 5.82 Å². The second-order valence-electron chi connectivity index (χ2n) is 5.06. The lowest BCUT2D eigenvalue weighted by Gasteiger charge is -2.07. The Kier molecular flexibility index (Phi) is 6.71. The molecule has 5 nitrogen and oxygen atoms in total. The lowest BCUT2D eigenvalue weighted by molar-refractivity contribution is -0.139. The van der Waals surface area contributed by atoms with Crippen LogP contribution in [-0.2, 0) is 14.3 Å². The van der Waals surface area contributed by atoms with Crippen molar-refractivity contribution in [3.8, 4) is 0 Å². The van der Waals surface area contributed by atoms with Gasteiger partial charge in [0, 0.05) is 17.5 Å². The van der Waals surface area contributed by atoms with Crippen molar-refractivity contribution in [2.24, 2.45) is 0 Å². The van der Waals surface area contributed by atoms with Gasteiger partial charge in [0.25, 0.3) is 0 Å². The summed E-state index contributed by atoms with van der Waals surface area (Å²) in [6.45, 7) is 0.758. The zero-order valence-electron chi connectivity index (χ0n) is 13.5. The molecule has 0 fully saturated rings. The third-order valence-electron chi connectivity index (χ3n) is 3.05. The summed E-state index contributed by atoms with van der Waals surface area (Å²) in [7, 11) is 0. The Balaban J connectivity index is 1.85. The first-order valence-corrected chi connectivity index (χ1v) is 8.38. The first-order valence-electron chi connectivity index (χ1n) is 7.39. The van der Waals surface area contributed by atoms with E-state index in [0.29, 0.717) is 0 Å². The SMILES string of the molecule is CC(=O)Nc1ccc(C(=O)COC(=O)CSc2ccccc2)c(F)c1. The Morgan fingerprint density at radius 3 is 2.48 bits per heavy atom. The summed E-state index contributed by atoms with van der Waals surface area (Å²) in [5.41, 5.74) is 0.0513. The van der Waals surface area contributed by atoms with E-state index in [1.165, 1.54) is 30.8 Å². The number of Topliss-reactive ketones (excluding diaryl/α,β-unsaturated/α-hetero) is 1. The van der Waals surface area contributed by atoms with Crippen LogP contribution < -0.4 is 5.32 Å². The Hall–Kier alpha value is -2.67. The molecule has 0 aliphatic heterocycles. The molecular formula is C18H16FNO4S. The summed E-state index contributed by atoms with van der Waals surface area (Å²) < 4.78 is 18.8. The minimum Gasteiger partial charge on any atom is -0.457 e. The number of hydrogen-bond donors (Lipinski definition) is 1. The molecule has 0 atom stereocenters. The van der Waals surface area contributed by atoms with E-state index in [2.05, 4.69) is 5.32 Å². The molecule has 0 saturated heterocycles. The Labute approximate surface area is 148 Å². The summed E-state index contributed by atoms with van der Waals surface area (Å²) in [6.07, 6.45) is 0. The van der Waals surface area contributed by atoms with E-state index >= 15 is 0 Å². The number of benzene rings is 2. The number of esters is 1. The van der Waals surface area contributed by atoms with Gasteiger partial charge in [-0.05, 0) is 30.3 Å². The van der Waals surface area contributed by atoms with Crippen molar-refractivity contribution < 1.29 is 23.5 Å². The van der Waals surface area contributed by atoms with Crippen LogP contribution in [0.4, 0.5) is 10.1 Å². The van der Waals surface area contributed by atoms with Crippen LogP contribution in [0.3, 0.4) is 0 Å². The summed E-state index contributed by atoms with van der Waals surface area (Å²) >= 11 is 1.29. The summed E-state index contributed by atoms with van der Waals surface area (Å²) in [5, 5.41) is 2.42. The molecule has 2 rings (SSSR count). The summed E-state index contributed by atoms with van der Waals surface area (Å²) in [4.78, 5) is 35.5. The molecule has 130 valence electrons. The van der Waals surface area contributed by atoms with Gasteiger partial charge in [0.15, 0.2) is 6.61 Å². The van der Waals surface area contributed by atoms with Crippen LogP contribution in [0.5, 0.6) is 0 Å². The fraction of sp³-hybridized carbons (Fsp3) is 0.167. The standard InChI is InChI=1S/C18H16FNO4S/c1-12(21)20-13-7-8-15(16(19)9-13)17(22)10-24-18(23)11-25-14-5-3-2-4-6-14/h2-9H,10-11H2,1H3,(H,20,21). The molecule has 0 aliphatic carbocycles. The first-order chi connectivity index (χ1) is 12.0. The van der Waals surface area contributed by atoms with Gasteiger partial charge in [0.2, 0.25) is 11.7 Å². The van der Waals surface area contributed by atoms with Crippen molar-refractivity contribution in [2.75, 3.05) is 17.7 Å². The largest absolute Gasteiger partial charge is 0.457 e. The molecule has 0 aromatic heterocycles. The quantitative estimate of drug-likeness (QED) is 0.465. The Morgan fingerprint density at radius 2 is 1.84 bits per heavy atom. The average molecular weight is 361 g/mol. The van der Waals surface area contributed by atoms with E-state index in [9.17, 15) is 18.8 Å². The number of carbonyl (C=O) groups excluding carboxylic acids is 3. The van der Waals surface area contributed by atoms with Crippen LogP contribution in [0.2, 0.25) is 0 Å². The number of nitrogens with one attached hydrogen (secondary N) is 1. The summed E-state index contributed by atoms with van der Waals surface area (Å²) in [5.74, 6) is -2.28. The predicted octanol–water partition coefficient (Wildman–Crippen LogP) is 3.30. The van der Waals surface area contributed by atoms with E-state index in [1.54, 1.807) is 0 Å². The zero-order chi connectivity index (χ0) is 18.2. The number of thioether (sulfide) groups is 1. The third kappa shape index (κ3) is 6.04. The van der Waals surface area contributed by atoms with Gasteiger partial charge >= 0.3 is 5.97 Å². The number of rotatable bonds is 7. The number of halogens is 1. The molecule has 0 saturated carbocycles. The van der Waals surface area contributed by atoms with E-state index in [1.807, 2.05) is 30.3 Å². The molecule has 2 aromatic carbocycles. The third-order valence-corrected chi connectivity index (χ3v) is 4.04. The molecule has 0 heterocycles. The zero-order valence-corrected chi connectivity index (χ0v) is 14.3. The molecule has 7 heteroatoms. The van der Waals surface area contributed by atoms with Crippen LogP contribution >= 0.6 is 11.8 Å². The smallest absolute Gasteiger partial charge is 0.316 e. The topological polar surface area (TPSA) is 72.5 Å². The first kappa shape index (κ1) is 18.7. The molecule has 0 radical (unpaired) electrons. The van der Waals surface area contributed by atoms with Gasteiger partial charge in [-0.25, -0.2) is 4.39 Å². The number of ether oxygens (including phenoxy) is 1. The molecule has 25 heavy (non-hydrogen) atoms. The maximum absolute atomic E-state index is 13.9. The minimum absolute atomic E-state index is 0.0568. The number of carbonyl (C=O) groups is 3. The highest BCUT2D eigenvalue weighted by molar-refractivity contribution is 8.00. The van der Waals surface area contributed by atoms with Crippen LogP contribution in [0.1, 0.15) is 17.3 Å². The van der Waals surface area contributed by atoms with Gasteiger partial charge < -0.3 is 10.1 Å². The number of amides is 1. The lowest BCUT2D eigenvalue weighted by Crippen LogP contribution is -2.17. The maximum atomic E-state index is 13.9. The lowest BCUT2D eigenvalue weighted by atomic mass is 10.1. The molecule has 1 amide bonds. The Bertz CT molecular complexity index is 780. The van der Waals surface area contributed by atoms with E-state index in [-0.39, 0.29) is 22.9 Å². The van der Waals surface area contributed by atoms with Crippen molar-refractivity contribution in [1.29, 1.82) is 0 Å². The Morgan fingerprint density at radius 1 is 1.12 bits per heavy atom. The fourth-order valence-electron chi connectivity index (χ4n) is 1.95. The summed E-state index contributed by atoms with van der Waals surface area (Å²) in [6, 6.07) is 13.0. The minimum atomic E-state index is -0.786. The molecule has 0 unspecified atom stereocenters. The number of anilines is 1.